The molecule has 0 aliphatic carbocycles. The van der Waals surface area contributed by atoms with E-state index in [0.29, 0.717) is 5.95 Å². The van der Waals surface area contributed by atoms with Crippen molar-refractivity contribution in [2.45, 2.75) is 25.8 Å². The van der Waals surface area contributed by atoms with E-state index in [0.717, 1.165) is 18.4 Å². The standard InChI is InChI=1S/C13H16N6O2/c1-9(17-13-16-8-15-12(14)18-13)5-6-10-3-2-4-11(7-10)19(20)21/h2-4,7-9H,5-6H2,1H3,(H3,14,15,16,17,18). The fraction of sp³-hybridized carbons (Fsp3) is 0.308. The van der Waals surface area contributed by atoms with Crippen molar-refractivity contribution in [3.05, 3.63) is 46.3 Å². The van der Waals surface area contributed by atoms with Gasteiger partial charge in [-0.05, 0) is 25.3 Å². The summed E-state index contributed by atoms with van der Waals surface area (Å²) in [4.78, 5) is 22.0. The molecule has 3 N–H and O–H groups in total. The summed E-state index contributed by atoms with van der Waals surface area (Å²) in [5.41, 5.74) is 6.51. The van der Waals surface area contributed by atoms with Crippen LogP contribution in [-0.4, -0.2) is 25.9 Å². The van der Waals surface area contributed by atoms with E-state index in [2.05, 4.69) is 20.3 Å². The minimum atomic E-state index is -0.390. The van der Waals surface area contributed by atoms with Crippen molar-refractivity contribution in [2.75, 3.05) is 11.1 Å². The fourth-order valence-electron chi connectivity index (χ4n) is 1.88. The molecule has 8 nitrogen and oxygen atoms in total. The summed E-state index contributed by atoms with van der Waals surface area (Å²) in [6, 6.07) is 6.75. The van der Waals surface area contributed by atoms with Gasteiger partial charge in [-0.25, -0.2) is 9.97 Å². The van der Waals surface area contributed by atoms with Gasteiger partial charge in [-0.3, -0.25) is 10.1 Å². The van der Waals surface area contributed by atoms with Gasteiger partial charge in [0.2, 0.25) is 11.9 Å². The van der Waals surface area contributed by atoms with E-state index in [1.54, 1.807) is 12.1 Å². The smallest absolute Gasteiger partial charge is 0.269 e. The normalized spacial score (nSPS) is 11.9. The number of hydrogen-bond donors (Lipinski definition) is 2. The van der Waals surface area contributed by atoms with Crippen LogP contribution in [0, 0.1) is 10.1 Å². The quantitative estimate of drug-likeness (QED) is 0.614. The van der Waals surface area contributed by atoms with Crippen molar-refractivity contribution in [1.82, 2.24) is 15.0 Å². The Bertz CT molecular complexity index is 634. The highest BCUT2D eigenvalue weighted by atomic mass is 16.6. The monoisotopic (exact) mass is 288 g/mol. The van der Waals surface area contributed by atoms with Crippen LogP contribution in [0.2, 0.25) is 0 Å². The first-order valence-electron chi connectivity index (χ1n) is 6.49. The Kier molecular flexibility index (Phi) is 4.60. The van der Waals surface area contributed by atoms with Gasteiger partial charge in [-0.2, -0.15) is 4.98 Å². The number of aryl methyl sites for hydroxylation is 1. The highest BCUT2D eigenvalue weighted by Gasteiger charge is 2.08. The van der Waals surface area contributed by atoms with Gasteiger partial charge in [-0.15, -0.1) is 0 Å². The van der Waals surface area contributed by atoms with Crippen molar-refractivity contribution in [3.8, 4) is 0 Å². The number of rotatable bonds is 6. The van der Waals surface area contributed by atoms with E-state index in [1.165, 1.54) is 12.4 Å². The predicted octanol–water partition coefficient (Wildman–Crippen LogP) is 1.80. The maximum absolute atomic E-state index is 10.7. The molecule has 1 atom stereocenters. The van der Waals surface area contributed by atoms with E-state index in [9.17, 15) is 10.1 Å². The predicted molar refractivity (Wildman–Crippen MR) is 78.7 cm³/mol. The SMILES string of the molecule is CC(CCc1cccc([N+](=O)[O-])c1)Nc1ncnc(N)n1. The molecule has 21 heavy (non-hydrogen) atoms. The first kappa shape index (κ1) is 14.6. The van der Waals surface area contributed by atoms with Crippen LogP contribution in [0.25, 0.3) is 0 Å². The summed E-state index contributed by atoms with van der Waals surface area (Å²) in [5.74, 6) is 0.590. The largest absolute Gasteiger partial charge is 0.368 e. The number of nitrogens with two attached hydrogens (primary N) is 1. The number of nitrogen functional groups attached to an aromatic ring is 1. The van der Waals surface area contributed by atoms with Gasteiger partial charge in [0.1, 0.15) is 6.33 Å². The molecule has 0 spiro atoms. The molecule has 110 valence electrons. The fourth-order valence-corrected chi connectivity index (χ4v) is 1.88. The molecule has 0 radical (unpaired) electrons. The number of hydrogen-bond acceptors (Lipinski definition) is 7. The molecule has 0 amide bonds. The molecule has 1 aromatic carbocycles. The molecule has 1 heterocycles. The molecular weight excluding hydrogens is 272 g/mol. The van der Waals surface area contributed by atoms with E-state index in [1.807, 2.05) is 13.0 Å². The molecule has 0 bridgehead atoms. The second kappa shape index (κ2) is 6.60. The highest BCUT2D eigenvalue weighted by Crippen LogP contribution is 2.15. The Balaban J connectivity index is 1.90. The highest BCUT2D eigenvalue weighted by molar-refractivity contribution is 5.34. The lowest BCUT2D eigenvalue weighted by molar-refractivity contribution is -0.384. The number of nitrogens with zero attached hydrogens (tertiary/aromatic N) is 4. The topological polar surface area (TPSA) is 120 Å². The van der Waals surface area contributed by atoms with Gasteiger partial charge in [0.25, 0.3) is 5.69 Å². The molecule has 2 aromatic rings. The Morgan fingerprint density at radius 3 is 2.95 bits per heavy atom. The van der Waals surface area contributed by atoms with Gasteiger partial charge in [0.05, 0.1) is 4.92 Å². The lowest BCUT2D eigenvalue weighted by atomic mass is 10.1. The third-order valence-electron chi connectivity index (χ3n) is 2.95. The average molecular weight is 288 g/mol. The average Bonchev–Trinajstić information content (AvgIpc) is 2.45. The first-order valence-corrected chi connectivity index (χ1v) is 6.49. The minimum absolute atomic E-state index is 0.103. The van der Waals surface area contributed by atoms with Crippen LogP contribution >= 0.6 is 0 Å². The van der Waals surface area contributed by atoms with Gasteiger partial charge >= 0.3 is 0 Å². The third kappa shape index (κ3) is 4.37. The lowest BCUT2D eigenvalue weighted by Crippen LogP contribution is -2.18. The molecule has 0 aliphatic heterocycles. The lowest BCUT2D eigenvalue weighted by Gasteiger charge is -2.13. The van der Waals surface area contributed by atoms with E-state index in [4.69, 9.17) is 5.73 Å². The number of nitro benzene ring substituents is 1. The van der Waals surface area contributed by atoms with Crippen LogP contribution in [0.1, 0.15) is 18.9 Å². The second-order valence-corrected chi connectivity index (χ2v) is 4.68. The summed E-state index contributed by atoms with van der Waals surface area (Å²) in [5, 5.41) is 13.8. The summed E-state index contributed by atoms with van der Waals surface area (Å²) in [7, 11) is 0. The van der Waals surface area contributed by atoms with Crippen LogP contribution < -0.4 is 11.1 Å². The first-order chi connectivity index (χ1) is 10.0. The van der Waals surface area contributed by atoms with Crippen LogP contribution in [-0.2, 0) is 6.42 Å². The Labute approximate surface area is 121 Å². The molecule has 0 aliphatic rings. The summed E-state index contributed by atoms with van der Waals surface area (Å²) in [6.07, 6.45) is 2.85. The van der Waals surface area contributed by atoms with Crippen LogP contribution in [0.5, 0.6) is 0 Å². The Morgan fingerprint density at radius 1 is 1.43 bits per heavy atom. The molecule has 0 saturated carbocycles. The molecule has 1 aromatic heterocycles. The molecule has 0 saturated heterocycles. The van der Waals surface area contributed by atoms with Crippen LogP contribution in [0.3, 0.4) is 0 Å². The summed E-state index contributed by atoms with van der Waals surface area (Å²) < 4.78 is 0. The van der Waals surface area contributed by atoms with Gasteiger partial charge in [0.15, 0.2) is 0 Å². The molecule has 1 unspecified atom stereocenters. The van der Waals surface area contributed by atoms with E-state index >= 15 is 0 Å². The van der Waals surface area contributed by atoms with Crippen molar-refractivity contribution in [1.29, 1.82) is 0 Å². The third-order valence-corrected chi connectivity index (χ3v) is 2.95. The van der Waals surface area contributed by atoms with E-state index in [-0.39, 0.29) is 17.7 Å². The van der Waals surface area contributed by atoms with Gasteiger partial charge < -0.3 is 11.1 Å². The van der Waals surface area contributed by atoms with Crippen molar-refractivity contribution in [3.63, 3.8) is 0 Å². The number of nitro groups is 1. The van der Waals surface area contributed by atoms with Crippen LogP contribution in [0.15, 0.2) is 30.6 Å². The van der Waals surface area contributed by atoms with Crippen molar-refractivity contribution < 1.29 is 4.92 Å². The van der Waals surface area contributed by atoms with Gasteiger partial charge in [-0.1, -0.05) is 12.1 Å². The number of non-ortho nitro benzene ring substituents is 1. The number of aromatic nitrogens is 3. The zero-order valence-corrected chi connectivity index (χ0v) is 11.6. The Hall–Kier alpha value is -2.77. The molecular formula is C13H16N6O2. The summed E-state index contributed by atoms with van der Waals surface area (Å²) in [6.45, 7) is 1.98. The zero-order valence-electron chi connectivity index (χ0n) is 11.6. The number of benzene rings is 1. The minimum Gasteiger partial charge on any atom is -0.368 e. The van der Waals surface area contributed by atoms with Crippen LogP contribution in [0.4, 0.5) is 17.6 Å². The van der Waals surface area contributed by atoms with Crippen molar-refractivity contribution >= 4 is 17.6 Å². The molecule has 8 heteroatoms. The molecule has 2 rings (SSSR count). The maximum atomic E-state index is 10.7. The number of anilines is 2. The summed E-state index contributed by atoms with van der Waals surface area (Å²) >= 11 is 0. The second-order valence-electron chi connectivity index (χ2n) is 4.68. The molecule has 0 fully saturated rings. The van der Waals surface area contributed by atoms with E-state index < -0.39 is 4.92 Å². The number of nitrogens with one attached hydrogen (secondary N) is 1. The Morgan fingerprint density at radius 2 is 2.24 bits per heavy atom. The zero-order chi connectivity index (χ0) is 15.2. The van der Waals surface area contributed by atoms with Gasteiger partial charge in [0, 0.05) is 18.2 Å². The van der Waals surface area contributed by atoms with Crippen molar-refractivity contribution in [2.24, 2.45) is 0 Å². The maximum Gasteiger partial charge on any atom is 0.269 e.